The van der Waals surface area contributed by atoms with E-state index >= 15 is 0 Å². The van der Waals surface area contributed by atoms with Crippen molar-refractivity contribution in [3.8, 4) is 11.5 Å². The number of methoxy groups -OCH3 is 1. The summed E-state index contributed by atoms with van der Waals surface area (Å²) in [6, 6.07) is 22.3. The van der Waals surface area contributed by atoms with Gasteiger partial charge in [0.2, 0.25) is 0 Å². The second kappa shape index (κ2) is 9.19. The van der Waals surface area contributed by atoms with Gasteiger partial charge in [-0.3, -0.25) is 13.9 Å². The van der Waals surface area contributed by atoms with Crippen molar-refractivity contribution in [3.05, 3.63) is 110 Å². The average molecular weight is 546 g/mol. The van der Waals surface area contributed by atoms with Crippen LogP contribution in [-0.2, 0) is 14.1 Å². The van der Waals surface area contributed by atoms with Gasteiger partial charge in [0.1, 0.15) is 17.3 Å². The highest BCUT2D eigenvalue weighted by Crippen LogP contribution is 2.47. The fourth-order valence-corrected chi connectivity index (χ4v) is 6.12. The van der Waals surface area contributed by atoms with Crippen LogP contribution in [0.4, 0.5) is 5.82 Å². The molecule has 6 aromatic rings. The molecular formula is C32H27N5O4. The highest BCUT2D eigenvalue weighted by atomic mass is 16.5. The molecule has 2 unspecified atom stereocenters. The lowest BCUT2D eigenvalue weighted by molar-refractivity contribution is 0.414. The molecule has 41 heavy (non-hydrogen) atoms. The third kappa shape index (κ3) is 3.69. The number of hydrogen-bond acceptors (Lipinski definition) is 7. The molecule has 0 fully saturated rings. The molecular weight excluding hydrogens is 518 g/mol. The van der Waals surface area contributed by atoms with Crippen LogP contribution in [0, 0.1) is 0 Å². The second-order valence-corrected chi connectivity index (χ2v) is 10.4. The van der Waals surface area contributed by atoms with Crippen molar-refractivity contribution in [2.45, 2.75) is 18.4 Å². The SMILES string of the molecule is COc1ccc(C2CC(c3c(O)c4ccccc4c4nc5ccccc5nc34)Nc3c2c(=O)n(C)c(=O)n3C)cc1. The molecule has 7 rings (SSSR count). The molecule has 0 spiro atoms. The Balaban J connectivity index is 1.53. The minimum Gasteiger partial charge on any atom is -0.507 e. The summed E-state index contributed by atoms with van der Waals surface area (Å²) in [4.78, 5) is 36.6. The second-order valence-electron chi connectivity index (χ2n) is 10.4. The van der Waals surface area contributed by atoms with Crippen molar-refractivity contribution >= 4 is 38.7 Å². The van der Waals surface area contributed by atoms with Gasteiger partial charge in [-0.15, -0.1) is 0 Å². The number of aromatic hydroxyl groups is 1. The molecule has 1 aliphatic heterocycles. The Bertz CT molecular complexity index is 2130. The van der Waals surface area contributed by atoms with Crippen LogP contribution in [-0.4, -0.2) is 31.3 Å². The quantitative estimate of drug-likeness (QED) is 0.244. The van der Waals surface area contributed by atoms with Crippen LogP contribution in [0.1, 0.15) is 35.1 Å². The van der Waals surface area contributed by atoms with Crippen molar-refractivity contribution in [2.75, 3.05) is 12.4 Å². The number of rotatable bonds is 3. The highest BCUT2D eigenvalue weighted by molar-refractivity contribution is 6.10. The van der Waals surface area contributed by atoms with Crippen molar-refractivity contribution < 1.29 is 9.84 Å². The van der Waals surface area contributed by atoms with E-state index in [-0.39, 0.29) is 17.2 Å². The number of hydrogen-bond donors (Lipinski definition) is 2. The lowest BCUT2D eigenvalue weighted by Crippen LogP contribution is -2.43. The fraction of sp³-hybridized carbons (Fsp3) is 0.188. The zero-order valence-electron chi connectivity index (χ0n) is 22.8. The largest absolute Gasteiger partial charge is 0.507 e. The van der Waals surface area contributed by atoms with E-state index in [1.807, 2.05) is 72.8 Å². The maximum Gasteiger partial charge on any atom is 0.332 e. The zero-order chi connectivity index (χ0) is 28.4. The number of nitrogens with zero attached hydrogens (tertiary/aromatic N) is 4. The first-order valence-corrected chi connectivity index (χ1v) is 13.4. The first-order valence-electron chi connectivity index (χ1n) is 13.4. The van der Waals surface area contributed by atoms with Gasteiger partial charge < -0.3 is 15.2 Å². The normalized spacial score (nSPS) is 16.6. The number of phenolic OH excluding ortho intramolecular Hbond substituents is 1. The number of aromatic nitrogens is 4. The van der Waals surface area contributed by atoms with Crippen LogP contribution in [0.25, 0.3) is 32.8 Å². The summed E-state index contributed by atoms with van der Waals surface area (Å²) >= 11 is 0. The van der Waals surface area contributed by atoms with Crippen LogP contribution in [0.2, 0.25) is 0 Å². The molecule has 0 radical (unpaired) electrons. The number of ether oxygens (including phenoxy) is 1. The molecule has 3 heterocycles. The van der Waals surface area contributed by atoms with Gasteiger partial charge in [-0.2, -0.15) is 0 Å². The van der Waals surface area contributed by atoms with Gasteiger partial charge in [0.15, 0.2) is 0 Å². The Kier molecular flexibility index (Phi) is 5.57. The van der Waals surface area contributed by atoms with Gasteiger partial charge in [-0.05, 0) is 36.2 Å². The van der Waals surface area contributed by atoms with Gasteiger partial charge in [-0.25, -0.2) is 14.8 Å². The molecule has 9 nitrogen and oxygen atoms in total. The van der Waals surface area contributed by atoms with Crippen molar-refractivity contribution in [1.29, 1.82) is 0 Å². The van der Waals surface area contributed by atoms with Crippen LogP contribution in [0.3, 0.4) is 0 Å². The zero-order valence-corrected chi connectivity index (χ0v) is 22.8. The summed E-state index contributed by atoms with van der Waals surface area (Å²) in [5.41, 5.74) is 3.90. The Morgan fingerprint density at radius 1 is 0.829 bits per heavy atom. The molecule has 9 heteroatoms. The summed E-state index contributed by atoms with van der Waals surface area (Å²) in [6.45, 7) is 0. The number of anilines is 1. The van der Waals surface area contributed by atoms with E-state index in [1.54, 1.807) is 14.2 Å². The Labute approximate surface area is 234 Å². The van der Waals surface area contributed by atoms with E-state index in [0.29, 0.717) is 51.1 Å². The third-order valence-electron chi connectivity index (χ3n) is 8.21. The van der Waals surface area contributed by atoms with Crippen LogP contribution < -0.4 is 21.3 Å². The molecule has 1 aliphatic rings. The summed E-state index contributed by atoms with van der Waals surface area (Å²) < 4.78 is 7.96. The predicted molar refractivity (Wildman–Crippen MR) is 159 cm³/mol. The molecule has 2 atom stereocenters. The number of para-hydroxylation sites is 2. The Hall–Kier alpha value is -5.18. The van der Waals surface area contributed by atoms with Crippen LogP contribution in [0.15, 0.2) is 82.4 Å². The van der Waals surface area contributed by atoms with Crippen LogP contribution in [0.5, 0.6) is 11.5 Å². The molecule has 0 saturated carbocycles. The number of fused-ring (bicyclic) bond motifs is 5. The molecule has 2 aromatic heterocycles. The smallest absolute Gasteiger partial charge is 0.332 e. The van der Waals surface area contributed by atoms with Crippen molar-refractivity contribution in [2.24, 2.45) is 14.1 Å². The van der Waals surface area contributed by atoms with Gasteiger partial charge >= 0.3 is 5.69 Å². The number of phenols is 1. The molecule has 204 valence electrons. The van der Waals surface area contributed by atoms with Crippen molar-refractivity contribution in [1.82, 2.24) is 19.1 Å². The summed E-state index contributed by atoms with van der Waals surface area (Å²) in [6.07, 6.45) is 0.433. The molecule has 0 aliphatic carbocycles. The first kappa shape index (κ1) is 24.8. The molecule has 0 amide bonds. The first-order chi connectivity index (χ1) is 19.9. The average Bonchev–Trinajstić information content (AvgIpc) is 3.01. The van der Waals surface area contributed by atoms with Gasteiger partial charge in [0.05, 0.1) is 40.8 Å². The van der Waals surface area contributed by atoms with Crippen LogP contribution >= 0.6 is 0 Å². The lowest BCUT2D eigenvalue weighted by Gasteiger charge is -2.35. The molecule has 4 aromatic carbocycles. The highest BCUT2D eigenvalue weighted by Gasteiger charge is 2.36. The maximum atomic E-state index is 13.6. The summed E-state index contributed by atoms with van der Waals surface area (Å²) in [5, 5.41) is 16.7. The van der Waals surface area contributed by atoms with E-state index in [9.17, 15) is 14.7 Å². The molecule has 0 saturated heterocycles. The summed E-state index contributed by atoms with van der Waals surface area (Å²) in [7, 11) is 4.74. The number of nitrogens with one attached hydrogen (secondary N) is 1. The maximum absolute atomic E-state index is 13.6. The topological polar surface area (TPSA) is 111 Å². The van der Waals surface area contributed by atoms with E-state index < -0.39 is 11.7 Å². The third-order valence-corrected chi connectivity index (χ3v) is 8.21. The van der Waals surface area contributed by atoms with E-state index in [0.717, 1.165) is 21.0 Å². The predicted octanol–water partition coefficient (Wildman–Crippen LogP) is 4.74. The Morgan fingerprint density at radius 2 is 1.46 bits per heavy atom. The molecule has 0 bridgehead atoms. The Morgan fingerprint density at radius 3 is 2.15 bits per heavy atom. The van der Waals surface area contributed by atoms with E-state index in [4.69, 9.17) is 14.7 Å². The minimum atomic E-state index is -0.491. The van der Waals surface area contributed by atoms with Gasteiger partial charge in [0, 0.05) is 36.3 Å². The lowest BCUT2D eigenvalue weighted by atomic mass is 9.80. The monoisotopic (exact) mass is 545 g/mol. The van der Waals surface area contributed by atoms with E-state index in [1.165, 1.54) is 11.6 Å². The summed E-state index contributed by atoms with van der Waals surface area (Å²) in [5.74, 6) is 0.848. The van der Waals surface area contributed by atoms with Gasteiger partial charge in [0.25, 0.3) is 5.56 Å². The standard InChI is InChI=1S/C32H27N5O4/c1-36-30-25(31(39)37(2)32(36)40)21(17-12-14-18(41-3)15-13-17)16-24(35-30)26-28-27(19-8-4-5-9-20(19)29(26)38)33-22-10-6-7-11-23(22)34-28/h4-15,21,24,35,38H,16H2,1-3H3. The minimum absolute atomic E-state index is 0.0981. The molecule has 2 N–H and O–H groups in total. The van der Waals surface area contributed by atoms with E-state index in [2.05, 4.69) is 5.32 Å². The van der Waals surface area contributed by atoms with Gasteiger partial charge in [-0.1, -0.05) is 48.5 Å². The van der Waals surface area contributed by atoms with Crippen molar-refractivity contribution in [3.63, 3.8) is 0 Å². The fourth-order valence-electron chi connectivity index (χ4n) is 6.12. The number of benzene rings is 4.